The average molecular weight is 376 g/mol. The van der Waals surface area contributed by atoms with Crippen LogP contribution in [-0.2, 0) is 4.79 Å². The summed E-state index contributed by atoms with van der Waals surface area (Å²) >= 11 is 1.19. The standard InChI is InChI=1S/C19H15F3N2OS/c1-10-4-3-5-12-11(2)8-16(24-19(10)12)26-9-15(25)23-14-7-6-13(20)17(21)18(14)22/h3-8H,9H2,1-2H3,(H,23,25). The van der Waals surface area contributed by atoms with Crippen LogP contribution in [0, 0.1) is 31.3 Å². The number of aryl methyl sites for hydroxylation is 2. The minimum atomic E-state index is -1.61. The molecule has 134 valence electrons. The number of nitrogens with one attached hydrogen (secondary N) is 1. The highest BCUT2D eigenvalue weighted by Gasteiger charge is 2.15. The summed E-state index contributed by atoms with van der Waals surface area (Å²) < 4.78 is 39.7. The van der Waals surface area contributed by atoms with Crippen molar-refractivity contribution in [3.05, 3.63) is 65.0 Å². The first-order valence-corrected chi connectivity index (χ1v) is 8.78. The van der Waals surface area contributed by atoms with Gasteiger partial charge in [-0.05, 0) is 43.2 Å². The number of hydrogen-bond acceptors (Lipinski definition) is 3. The van der Waals surface area contributed by atoms with Gasteiger partial charge >= 0.3 is 0 Å². The van der Waals surface area contributed by atoms with Gasteiger partial charge in [0.05, 0.1) is 22.0 Å². The molecule has 0 aliphatic rings. The highest BCUT2D eigenvalue weighted by molar-refractivity contribution is 7.99. The summed E-state index contributed by atoms with van der Waals surface area (Å²) in [6, 6.07) is 9.52. The van der Waals surface area contributed by atoms with Crippen LogP contribution in [0.5, 0.6) is 0 Å². The SMILES string of the molecule is Cc1cc(SCC(=O)Nc2ccc(F)c(F)c2F)nc2c(C)cccc12. The van der Waals surface area contributed by atoms with Crippen molar-refractivity contribution in [3.63, 3.8) is 0 Å². The molecule has 3 aromatic rings. The molecule has 3 rings (SSSR count). The zero-order valence-electron chi connectivity index (χ0n) is 14.1. The molecule has 1 amide bonds. The topological polar surface area (TPSA) is 42.0 Å². The molecule has 0 fully saturated rings. The summed E-state index contributed by atoms with van der Waals surface area (Å²) in [6.07, 6.45) is 0. The molecule has 0 aliphatic heterocycles. The number of benzene rings is 2. The van der Waals surface area contributed by atoms with Crippen molar-refractivity contribution < 1.29 is 18.0 Å². The van der Waals surface area contributed by atoms with Crippen molar-refractivity contribution in [2.75, 3.05) is 11.1 Å². The molecule has 0 aliphatic carbocycles. The minimum Gasteiger partial charge on any atom is -0.323 e. The van der Waals surface area contributed by atoms with Crippen molar-refractivity contribution >= 4 is 34.3 Å². The van der Waals surface area contributed by atoms with E-state index in [-0.39, 0.29) is 5.75 Å². The summed E-state index contributed by atoms with van der Waals surface area (Å²) in [7, 11) is 0. The van der Waals surface area contributed by atoms with E-state index in [1.54, 1.807) is 0 Å². The van der Waals surface area contributed by atoms with E-state index < -0.39 is 29.0 Å². The number of rotatable bonds is 4. The Labute approximate surface area is 152 Å². The summed E-state index contributed by atoms with van der Waals surface area (Å²) in [5, 5.41) is 3.94. The molecule has 0 radical (unpaired) electrons. The van der Waals surface area contributed by atoms with Gasteiger partial charge in [-0.1, -0.05) is 30.0 Å². The number of anilines is 1. The summed E-state index contributed by atoms with van der Waals surface area (Å²) in [5.74, 6) is -4.91. The number of hydrogen-bond donors (Lipinski definition) is 1. The fourth-order valence-corrected chi connectivity index (χ4v) is 3.32. The van der Waals surface area contributed by atoms with Gasteiger partial charge in [0.25, 0.3) is 0 Å². The van der Waals surface area contributed by atoms with Crippen LogP contribution in [0.1, 0.15) is 11.1 Å². The van der Waals surface area contributed by atoms with E-state index in [4.69, 9.17) is 0 Å². The molecule has 1 heterocycles. The fourth-order valence-electron chi connectivity index (χ4n) is 2.55. The zero-order chi connectivity index (χ0) is 18.8. The second-order valence-electron chi connectivity index (χ2n) is 5.81. The van der Waals surface area contributed by atoms with Crippen LogP contribution in [0.4, 0.5) is 18.9 Å². The number of nitrogens with zero attached hydrogens (tertiary/aromatic N) is 1. The maximum absolute atomic E-state index is 13.6. The second kappa shape index (κ2) is 7.37. The number of carbonyl (C=O) groups excluding carboxylic acids is 1. The average Bonchev–Trinajstić information content (AvgIpc) is 2.61. The Morgan fingerprint density at radius 3 is 2.62 bits per heavy atom. The monoisotopic (exact) mass is 376 g/mol. The molecule has 7 heteroatoms. The number of para-hydroxylation sites is 1. The van der Waals surface area contributed by atoms with Crippen LogP contribution in [0.3, 0.4) is 0 Å². The van der Waals surface area contributed by atoms with E-state index in [1.165, 1.54) is 11.8 Å². The van der Waals surface area contributed by atoms with E-state index in [0.717, 1.165) is 34.2 Å². The Morgan fingerprint density at radius 2 is 1.85 bits per heavy atom. The molecule has 0 saturated heterocycles. The number of amides is 1. The molecule has 0 spiro atoms. The van der Waals surface area contributed by atoms with Crippen molar-refractivity contribution in [2.45, 2.75) is 18.9 Å². The van der Waals surface area contributed by atoms with Gasteiger partial charge in [0.15, 0.2) is 17.5 Å². The number of thioether (sulfide) groups is 1. The van der Waals surface area contributed by atoms with E-state index in [1.807, 2.05) is 38.1 Å². The third-order valence-electron chi connectivity index (χ3n) is 3.88. The molecule has 2 aromatic carbocycles. The first kappa shape index (κ1) is 18.3. The first-order chi connectivity index (χ1) is 12.4. The van der Waals surface area contributed by atoms with Crippen LogP contribution in [0.15, 0.2) is 41.4 Å². The Bertz CT molecular complexity index is 1010. The quantitative estimate of drug-likeness (QED) is 0.515. The highest BCUT2D eigenvalue weighted by atomic mass is 32.2. The molecule has 3 nitrogen and oxygen atoms in total. The van der Waals surface area contributed by atoms with Gasteiger partial charge < -0.3 is 5.32 Å². The van der Waals surface area contributed by atoms with Gasteiger partial charge in [0.1, 0.15) is 0 Å². The fraction of sp³-hybridized carbons (Fsp3) is 0.158. The number of carbonyl (C=O) groups is 1. The maximum atomic E-state index is 13.6. The smallest absolute Gasteiger partial charge is 0.234 e. The minimum absolute atomic E-state index is 0.0394. The molecule has 0 saturated carbocycles. The van der Waals surface area contributed by atoms with Crippen LogP contribution < -0.4 is 5.32 Å². The van der Waals surface area contributed by atoms with E-state index in [0.29, 0.717) is 5.03 Å². The largest absolute Gasteiger partial charge is 0.323 e. The lowest BCUT2D eigenvalue weighted by molar-refractivity contribution is -0.113. The van der Waals surface area contributed by atoms with Crippen molar-refractivity contribution in [1.29, 1.82) is 0 Å². The number of aromatic nitrogens is 1. The van der Waals surface area contributed by atoms with Crippen LogP contribution >= 0.6 is 11.8 Å². The van der Waals surface area contributed by atoms with Crippen molar-refractivity contribution in [1.82, 2.24) is 4.98 Å². The van der Waals surface area contributed by atoms with Gasteiger partial charge in [0, 0.05) is 5.39 Å². The van der Waals surface area contributed by atoms with E-state index >= 15 is 0 Å². The Balaban J connectivity index is 1.73. The summed E-state index contributed by atoms with van der Waals surface area (Å²) in [6.45, 7) is 3.92. The van der Waals surface area contributed by atoms with Gasteiger partial charge in [0.2, 0.25) is 5.91 Å². The molecular weight excluding hydrogens is 361 g/mol. The number of halogens is 3. The Kier molecular flexibility index (Phi) is 5.18. The second-order valence-corrected chi connectivity index (χ2v) is 6.80. The van der Waals surface area contributed by atoms with E-state index in [2.05, 4.69) is 10.3 Å². The number of pyridine rings is 1. The lowest BCUT2D eigenvalue weighted by atomic mass is 10.1. The van der Waals surface area contributed by atoms with E-state index in [9.17, 15) is 18.0 Å². The van der Waals surface area contributed by atoms with Crippen LogP contribution in [0.25, 0.3) is 10.9 Å². The van der Waals surface area contributed by atoms with Gasteiger partial charge in [-0.15, -0.1) is 0 Å². The first-order valence-electron chi connectivity index (χ1n) is 7.80. The third-order valence-corrected chi connectivity index (χ3v) is 4.80. The maximum Gasteiger partial charge on any atom is 0.234 e. The highest BCUT2D eigenvalue weighted by Crippen LogP contribution is 2.26. The molecule has 0 atom stereocenters. The lowest BCUT2D eigenvalue weighted by Gasteiger charge is -2.09. The van der Waals surface area contributed by atoms with Crippen LogP contribution in [-0.4, -0.2) is 16.6 Å². The zero-order valence-corrected chi connectivity index (χ0v) is 14.9. The van der Waals surface area contributed by atoms with Gasteiger partial charge in [-0.3, -0.25) is 4.79 Å². The summed E-state index contributed by atoms with van der Waals surface area (Å²) in [5.41, 5.74) is 2.53. The normalized spacial score (nSPS) is 11.0. The van der Waals surface area contributed by atoms with Crippen molar-refractivity contribution in [2.24, 2.45) is 0 Å². The molecular formula is C19H15F3N2OS. The van der Waals surface area contributed by atoms with Crippen LogP contribution in [0.2, 0.25) is 0 Å². The molecule has 26 heavy (non-hydrogen) atoms. The molecule has 1 aromatic heterocycles. The lowest BCUT2D eigenvalue weighted by Crippen LogP contribution is -2.16. The predicted octanol–water partition coefficient (Wildman–Crippen LogP) is 5.00. The Morgan fingerprint density at radius 1 is 1.08 bits per heavy atom. The Hall–Kier alpha value is -2.54. The van der Waals surface area contributed by atoms with Crippen molar-refractivity contribution in [3.8, 4) is 0 Å². The third kappa shape index (κ3) is 3.67. The predicted molar refractivity (Wildman–Crippen MR) is 96.9 cm³/mol. The number of fused-ring (bicyclic) bond motifs is 1. The molecule has 1 N–H and O–H groups in total. The molecule has 0 unspecified atom stereocenters. The van der Waals surface area contributed by atoms with Gasteiger partial charge in [-0.25, -0.2) is 18.2 Å². The summed E-state index contributed by atoms with van der Waals surface area (Å²) in [4.78, 5) is 16.6. The molecule has 0 bridgehead atoms. The van der Waals surface area contributed by atoms with Gasteiger partial charge in [-0.2, -0.15) is 0 Å².